The van der Waals surface area contributed by atoms with E-state index in [0.717, 1.165) is 19.4 Å². The largest absolute Gasteiger partial charge is 0.314 e. The molecule has 1 N–H and O–H groups in total. The summed E-state index contributed by atoms with van der Waals surface area (Å²) in [5.74, 6) is 0. The Balaban J connectivity index is 3.04. The molecule has 0 amide bonds. The SMILES string of the molecule is CCCC(C)NCCCCC#N. The van der Waals surface area contributed by atoms with Gasteiger partial charge in [0.2, 0.25) is 0 Å². The zero-order valence-electron chi connectivity index (χ0n) is 8.27. The molecule has 0 rings (SSSR count). The molecule has 1 unspecified atom stereocenters. The van der Waals surface area contributed by atoms with Crippen LogP contribution in [-0.4, -0.2) is 12.6 Å². The predicted molar refractivity (Wildman–Crippen MR) is 51.8 cm³/mol. The minimum Gasteiger partial charge on any atom is -0.314 e. The standard InChI is InChI=1S/C10H20N2/c1-3-7-10(2)12-9-6-4-5-8-11/h10,12H,3-7,9H2,1-2H3. The molecular weight excluding hydrogens is 148 g/mol. The summed E-state index contributed by atoms with van der Waals surface area (Å²) in [6, 6.07) is 2.79. The molecular formula is C10H20N2. The second-order valence-corrected chi connectivity index (χ2v) is 3.26. The van der Waals surface area contributed by atoms with Crippen molar-refractivity contribution in [3.8, 4) is 6.07 Å². The van der Waals surface area contributed by atoms with Crippen molar-refractivity contribution in [3.63, 3.8) is 0 Å². The van der Waals surface area contributed by atoms with Crippen LogP contribution in [0.2, 0.25) is 0 Å². The van der Waals surface area contributed by atoms with E-state index in [1.165, 1.54) is 12.8 Å². The smallest absolute Gasteiger partial charge is 0.0621 e. The van der Waals surface area contributed by atoms with E-state index in [1.807, 2.05) is 0 Å². The van der Waals surface area contributed by atoms with Crippen LogP contribution in [-0.2, 0) is 0 Å². The summed E-state index contributed by atoms with van der Waals surface area (Å²) in [5, 5.41) is 11.7. The molecule has 0 aromatic rings. The van der Waals surface area contributed by atoms with E-state index in [9.17, 15) is 0 Å². The van der Waals surface area contributed by atoms with E-state index >= 15 is 0 Å². The predicted octanol–water partition coefficient (Wildman–Crippen LogP) is 2.46. The van der Waals surface area contributed by atoms with Crippen LogP contribution in [0.5, 0.6) is 0 Å². The second kappa shape index (κ2) is 8.55. The first-order valence-corrected chi connectivity index (χ1v) is 4.91. The molecule has 2 nitrogen and oxygen atoms in total. The summed E-state index contributed by atoms with van der Waals surface area (Å²) in [6.45, 7) is 5.48. The van der Waals surface area contributed by atoms with Gasteiger partial charge in [-0.3, -0.25) is 0 Å². The average molecular weight is 168 g/mol. The van der Waals surface area contributed by atoms with Gasteiger partial charge in [-0.2, -0.15) is 5.26 Å². The Kier molecular flexibility index (Phi) is 8.15. The fraction of sp³-hybridized carbons (Fsp3) is 0.900. The lowest BCUT2D eigenvalue weighted by Gasteiger charge is -2.11. The van der Waals surface area contributed by atoms with E-state index in [0.29, 0.717) is 12.5 Å². The van der Waals surface area contributed by atoms with Gasteiger partial charge >= 0.3 is 0 Å². The Morgan fingerprint density at radius 2 is 2.17 bits per heavy atom. The van der Waals surface area contributed by atoms with Crippen molar-refractivity contribution in [2.75, 3.05) is 6.54 Å². The van der Waals surface area contributed by atoms with Crippen molar-refractivity contribution in [1.29, 1.82) is 5.26 Å². The van der Waals surface area contributed by atoms with Crippen LogP contribution in [0.15, 0.2) is 0 Å². The molecule has 0 aromatic carbocycles. The fourth-order valence-corrected chi connectivity index (χ4v) is 1.21. The topological polar surface area (TPSA) is 35.8 Å². The van der Waals surface area contributed by atoms with Gasteiger partial charge in [0.05, 0.1) is 6.07 Å². The van der Waals surface area contributed by atoms with E-state index in [2.05, 4.69) is 25.2 Å². The van der Waals surface area contributed by atoms with Crippen molar-refractivity contribution in [1.82, 2.24) is 5.32 Å². The number of unbranched alkanes of at least 4 members (excludes halogenated alkanes) is 2. The van der Waals surface area contributed by atoms with Gasteiger partial charge in [-0.1, -0.05) is 13.3 Å². The molecule has 12 heavy (non-hydrogen) atoms. The number of nitrogens with zero attached hydrogens (tertiary/aromatic N) is 1. The van der Waals surface area contributed by atoms with Gasteiger partial charge in [0.1, 0.15) is 0 Å². The Labute approximate surface area is 76.0 Å². The molecule has 0 aliphatic heterocycles. The molecule has 70 valence electrons. The number of hydrogen-bond acceptors (Lipinski definition) is 2. The van der Waals surface area contributed by atoms with Crippen LogP contribution < -0.4 is 5.32 Å². The highest BCUT2D eigenvalue weighted by Gasteiger charge is 1.97. The van der Waals surface area contributed by atoms with E-state index < -0.39 is 0 Å². The van der Waals surface area contributed by atoms with Crippen LogP contribution in [0, 0.1) is 11.3 Å². The summed E-state index contributed by atoms with van der Waals surface area (Å²) < 4.78 is 0. The molecule has 0 spiro atoms. The summed E-state index contributed by atoms with van der Waals surface area (Å²) >= 11 is 0. The second-order valence-electron chi connectivity index (χ2n) is 3.26. The highest BCUT2D eigenvalue weighted by atomic mass is 14.9. The van der Waals surface area contributed by atoms with E-state index in [4.69, 9.17) is 5.26 Å². The molecule has 0 bridgehead atoms. The van der Waals surface area contributed by atoms with Crippen LogP contribution in [0.3, 0.4) is 0 Å². The van der Waals surface area contributed by atoms with Crippen molar-refractivity contribution < 1.29 is 0 Å². The molecule has 0 saturated carbocycles. The van der Waals surface area contributed by atoms with E-state index in [-0.39, 0.29) is 0 Å². The van der Waals surface area contributed by atoms with Gasteiger partial charge < -0.3 is 5.32 Å². The van der Waals surface area contributed by atoms with Crippen molar-refractivity contribution in [3.05, 3.63) is 0 Å². The van der Waals surface area contributed by atoms with Gasteiger partial charge in [0.15, 0.2) is 0 Å². The highest BCUT2D eigenvalue weighted by Crippen LogP contribution is 1.96. The maximum Gasteiger partial charge on any atom is 0.0621 e. The first-order valence-electron chi connectivity index (χ1n) is 4.91. The lowest BCUT2D eigenvalue weighted by molar-refractivity contribution is 0.497. The highest BCUT2D eigenvalue weighted by molar-refractivity contribution is 4.68. The third-order valence-electron chi connectivity index (χ3n) is 1.93. The number of nitriles is 1. The van der Waals surface area contributed by atoms with Crippen molar-refractivity contribution in [2.24, 2.45) is 0 Å². The van der Waals surface area contributed by atoms with Crippen LogP contribution in [0.1, 0.15) is 46.0 Å². The molecule has 0 aliphatic carbocycles. The van der Waals surface area contributed by atoms with Crippen LogP contribution in [0.25, 0.3) is 0 Å². The summed E-state index contributed by atoms with van der Waals surface area (Å²) in [7, 11) is 0. The molecule has 1 atom stereocenters. The van der Waals surface area contributed by atoms with Crippen LogP contribution in [0.4, 0.5) is 0 Å². The maximum absolute atomic E-state index is 8.29. The van der Waals surface area contributed by atoms with Crippen LogP contribution >= 0.6 is 0 Å². The Bertz CT molecular complexity index is 126. The molecule has 0 saturated heterocycles. The molecule has 0 heterocycles. The Morgan fingerprint density at radius 1 is 1.42 bits per heavy atom. The quantitative estimate of drug-likeness (QED) is 0.593. The normalized spacial score (nSPS) is 12.4. The third kappa shape index (κ3) is 7.56. The summed E-state index contributed by atoms with van der Waals surface area (Å²) in [5.41, 5.74) is 0. The first-order chi connectivity index (χ1) is 5.81. The van der Waals surface area contributed by atoms with Crippen molar-refractivity contribution >= 4 is 0 Å². The number of hydrogen-bond donors (Lipinski definition) is 1. The number of rotatable bonds is 7. The molecule has 0 aromatic heterocycles. The third-order valence-corrected chi connectivity index (χ3v) is 1.93. The van der Waals surface area contributed by atoms with Crippen molar-refractivity contribution in [2.45, 2.75) is 52.0 Å². The Morgan fingerprint density at radius 3 is 2.75 bits per heavy atom. The zero-order valence-corrected chi connectivity index (χ0v) is 8.27. The van der Waals surface area contributed by atoms with Gasteiger partial charge in [0.25, 0.3) is 0 Å². The molecule has 0 aliphatic rings. The lowest BCUT2D eigenvalue weighted by Crippen LogP contribution is -2.26. The molecule has 2 heteroatoms. The summed E-state index contributed by atoms with van der Waals surface area (Å²) in [6.07, 6.45) is 5.35. The summed E-state index contributed by atoms with van der Waals surface area (Å²) in [4.78, 5) is 0. The van der Waals surface area contributed by atoms with Gasteiger partial charge in [0, 0.05) is 12.5 Å². The van der Waals surface area contributed by atoms with E-state index in [1.54, 1.807) is 0 Å². The van der Waals surface area contributed by atoms with Gasteiger partial charge in [-0.05, 0) is 32.7 Å². The fourth-order valence-electron chi connectivity index (χ4n) is 1.21. The number of nitrogens with one attached hydrogen (secondary N) is 1. The average Bonchev–Trinajstić information content (AvgIpc) is 2.05. The molecule has 0 radical (unpaired) electrons. The lowest BCUT2D eigenvalue weighted by atomic mass is 10.2. The van der Waals surface area contributed by atoms with Gasteiger partial charge in [-0.25, -0.2) is 0 Å². The van der Waals surface area contributed by atoms with Gasteiger partial charge in [-0.15, -0.1) is 0 Å². The zero-order chi connectivity index (χ0) is 9.23. The minimum atomic E-state index is 0.636. The minimum absolute atomic E-state index is 0.636. The maximum atomic E-state index is 8.29. The monoisotopic (exact) mass is 168 g/mol. The molecule has 0 fully saturated rings. The Hall–Kier alpha value is -0.550. The first kappa shape index (κ1) is 11.4.